The Morgan fingerprint density at radius 2 is 2.18 bits per heavy atom. The highest BCUT2D eigenvalue weighted by molar-refractivity contribution is 5.85. The molecule has 5 heteroatoms. The molecule has 1 saturated carbocycles. The van der Waals surface area contributed by atoms with Gasteiger partial charge in [0.15, 0.2) is 0 Å². The summed E-state index contributed by atoms with van der Waals surface area (Å²) in [6.07, 6.45) is 1.84. The van der Waals surface area contributed by atoms with Crippen LogP contribution in [0.4, 0.5) is 4.79 Å². The lowest BCUT2D eigenvalue weighted by atomic mass is 9.74. The molecule has 0 unspecified atom stereocenters. The van der Waals surface area contributed by atoms with Crippen LogP contribution in [0.15, 0.2) is 0 Å². The quantitative estimate of drug-likeness (QED) is 0.471. The number of hydrogen-bond donors (Lipinski definition) is 3. The summed E-state index contributed by atoms with van der Waals surface area (Å²) in [5.74, 6) is 0. The molecule has 64 valence electrons. The summed E-state index contributed by atoms with van der Waals surface area (Å²) < 4.78 is 0. The Labute approximate surface area is 71.3 Å². The van der Waals surface area contributed by atoms with Gasteiger partial charge < -0.3 is 16.4 Å². The molecule has 1 saturated heterocycles. The number of halogens is 1. The minimum absolute atomic E-state index is 0. The summed E-state index contributed by atoms with van der Waals surface area (Å²) in [7, 11) is 0. The van der Waals surface area contributed by atoms with Gasteiger partial charge in [-0.3, -0.25) is 0 Å². The number of rotatable bonds is 0. The summed E-state index contributed by atoms with van der Waals surface area (Å²) in [6, 6.07) is 0.243. The average Bonchev–Trinajstić information content (AvgIpc) is 2.10. The molecule has 0 bridgehead atoms. The number of nitrogens with two attached hydrogens (primary N) is 1. The molecule has 0 radical (unpaired) electrons. The number of carbonyl (C=O) groups excluding carboxylic acids is 1. The van der Waals surface area contributed by atoms with Crippen LogP contribution >= 0.6 is 12.4 Å². The molecule has 2 rings (SSSR count). The average molecular weight is 178 g/mol. The highest BCUT2D eigenvalue weighted by atomic mass is 35.5. The highest BCUT2D eigenvalue weighted by Gasteiger charge is 2.47. The van der Waals surface area contributed by atoms with Gasteiger partial charge in [0.25, 0.3) is 0 Å². The Balaban J connectivity index is 0.000000605. The van der Waals surface area contributed by atoms with Gasteiger partial charge in [-0.05, 0) is 12.8 Å². The summed E-state index contributed by atoms with van der Waals surface area (Å²) >= 11 is 0. The van der Waals surface area contributed by atoms with Crippen LogP contribution < -0.4 is 16.4 Å². The molecule has 1 spiro atoms. The van der Waals surface area contributed by atoms with Crippen molar-refractivity contribution in [1.82, 2.24) is 10.6 Å². The van der Waals surface area contributed by atoms with E-state index in [1.54, 1.807) is 0 Å². The molecule has 0 aromatic rings. The Morgan fingerprint density at radius 1 is 1.55 bits per heavy atom. The zero-order valence-corrected chi connectivity index (χ0v) is 6.91. The molecule has 1 aliphatic heterocycles. The Bertz CT molecular complexity index is 179. The maximum absolute atomic E-state index is 10.7. The lowest BCUT2D eigenvalue weighted by Gasteiger charge is -2.41. The lowest BCUT2D eigenvalue weighted by Crippen LogP contribution is -2.59. The number of hydrogen-bond acceptors (Lipinski definition) is 2. The second-order valence-electron chi connectivity index (χ2n) is 3.26. The topological polar surface area (TPSA) is 67.1 Å². The van der Waals surface area contributed by atoms with Crippen molar-refractivity contribution in [3.05, 3.63) is 0 Å². The molecule has 11 heavy (non-hydrogen) atoms. The normalized spacial score (nSPS) is 40.5. The van der Waals surface area contributed by atoms with E-state index in [4.69, 9.17) is 5.73 Å². The van der Waals surface area contributed by atoms with Gasteiger partial charge in [0.2, 0.25) is 0 Å². The third kappa shape index (κ3) is 1.28. The number of urea groups is 1. The van der Waals surface area contributed by atoms with E-state index in [0.29, 0.717) is 6.04 Å². The molecule has 1 aliphatic carbocycles. The van der Waals surface area contributed by atoms with Gasteiger partial charge in [0, 0.05) is 12.6 Å². The van der Waals surface area contributed by atoms with Crippen molar-refractivity contribution in [2.45, 2.75) is 24.4 Å². The summed E-state index contributed by atoms with van der Waals surface area (Å²) in [5, 5.41) is 5.59. The number of carbonyl (C=O) groups is 1. The smallest absolute Gasteiger partial charge is 0.315 e. The third-order valence-electron chi connectivity index (χ3n) is 2.27. The first kappa shape index (κ1) is 8.62. The molecule has 4 N–H and O–H groups in total. The molecular formula is C6H12ClN3O. The van der Waals surface area contributed by atoms with Crippen molar-refractivity contribution in [3.8, 4) is 0 Å². The van der Waals surface area contributed by atoms with E-state index in [2.05, 4.69) is 10.6 Å². The van der Waals surface area contributed by atoms with Crippen molar-refractivity contribution in [1.29, 1.82) is 0 Å². The molecule has 1 heterocycles. The first-order valence-corrected chi connectivity index (χ1v) is 3.52. The van der Waals surface area contributed by atoms with Crippen molar-refractivity contribution < 1.29 is 4.79 Å². The highest BCUT2D eigenvalue weighted by Crippen LogP contribution is 2.32. The van der Waals surface area contributed by atoms with Gasteiger partial charge in [-0.15, -0.1) is 12.4 Å². The van der Waals surface area contributed by atoms with Crippen molar-refractivity contribution in [2.24, 2.45) is 5.73 Å². The maximum atomic E-state index is 10.7. The Kier molecular flexibility index (Phi) is 1.98. The maximum Gasteiger partial charge on any atom is 0.315 e. The van der Waals surface area contributed by atoms with E-state index < -0.39 is 0 Å². The van der Waals surface area contributed by atoms with Gasteiger partial charge in [0.05, 0.1) is 5.54 Å². The van der Waals surface area contributed by atoms with Crippen molar-refractivity contribution >= 4 is 18.4 Å². The fourth-order valence-corrected chi connectivity index (χ4v) is 1.77. The summed E-state index contributed by atoms with van der Waals surface area (Å²) in [6.45, 7) is 0.750. The van der Waals surface area contributed by atoms with Gasteiger partial charge >= 0.3 is 6.03 Å². The second-order valence-corrected chi connectivity index (χ2v) is 3.26. The van der Waals surface area contributed by atoms with Crippen molar-refractivity contribution in [2.75, 3.05) is 6.54 Å². The van der Waals surface area contributed by atoms with Gasteiger partial charge in [-0.25, -0.2) is 4.79 Å². The molecule has 0 aromatic carbocycles. The summed E-state index contributed by atoms with van der Waals surface area (Å²) in [5.41, 5.74) is 5.62. The first-order valence-electron chi connectivity index (χ1n) is 3.52. The predicted octanol–water partition coefficient (Wildman–Crippen LogP) is -0.419. The second kappa shape index (κ2) is 2.53. The molecule has 0 atom stereocenters. The predicted molar refractivity (Wildman–Crippen MR) is 43.7 cm³/mol. The third-order valence-corrected chi connectivity index (χ3v) is 2.27. The largest absolute Gasteiger partial charge is 0.336 e. The van der Waals surface area contributed by atoms with Gasteiger partial charge in [-0.1, -0.05) is 0 Å². The fourth-order valence-electron chi connectivity index (χ4n) is 1.77. The molecule has 2 aliphatic rings. The van der Waals surface area contributed by atoms with Crippen LogP contribution in [0.1, 0.15) is 12.8 Å². The number of amides is 2. The zero-order valence-electron chi connectivity index (χ0n) is 6.09. The van der Waals surface area contributed by atoms with Crippen LogP contribution in [0.2, 0.25) is 0 Å². The molecular weight excluding hydrogens is 166 g/mol. The van der Waals surface area contributed by atoms with E-state index in [1.807, 2.05) is 0 Å². The molecule has 2 amide bonds. The van der Waals surface area contributed by atoms with Crippen LogP contribution in [-0.2, 0) is 0 Å². The molecule has 0 aromatic heterocycles. The van der Waals surface area contributed by atoms with E-state index in [0.717, 1.165) is 19.4 Å². The zero-order chi connectivity index (χ0) is 7.19. The lowest BCUT2D eigenvalue weighted by molar-refractivity contribution is 0.192. The molecule has 2 fully saturated rings. The van der Waals surface area contributed by atoms with Crippen LogP contribution in [0.25, 0.3) is 0 Å². The standard InChI is InChI=1S/C6H11N3O.ClH/c7-4-1-6(2-4)3-8-5(10)9-6;/h4H,1-3,7H2,(H2,8,9,10);1H. The van der Waals surface area contributed by atoms with Crippen molar-refractivity contribution in [3.63, 3.8) is 0 Å². The van der Waals surface area contributed by atoms with Crippen LogP contribution in [0, 0.1) is 0 Å². The van der Waals surface area contributed by atoms with Crippen LogP contribution in [-0.4, -0.2) is 24.2 Å². The van der Waals surface area contributed by atoms with E-state index in [-0.39, 0.29) is 24.0 Å². The fraction of sp³-hybridized carbons (Fsp3) is 0.833. The van der Waals surface area contributed by atoms with E-state index in [1.165, 1.54) is 0 Å². The van der Waals surface area contributed by atoms with E-state index >= 15 is 0 Å². The summed E-state index contributed by atoms with van der Waals surface area (Å²) in [4.78, 5) is 10.7. The van der Waals surface area contributed by atoms with Crippen LogP contribution in [0.5, 0.6) is 0 Å². The van der Waals surface area contributed by atoms with E-state index in [9.17, 15) is 4.79 Å². The first-order chi connectivity index (χ1) is 4.70. The minimum Gasteiger partial charge on any atom is -0.336 e. The minimum atomic E-state index is -0.0492. The Hall–Kier alpha value is -0.480. The van der Waals surface area contributed by atoms with Crippen LogP contribution in [0.3, 0.4) is 0 Å². The monoisotopic (exact) mass is 177 g/mol. The number of nitrogens with one attached hydrogen (secondary N) is 2. The van der Waals surface area contributed by atoms with Gasteiger partial charge in [0.1, 0.15) is 0 Å². The van der Waals surface area contributed by atoms with Gasteiger partial charge in [-0.2, -0.15) is 0 Å². The SMILES string of the molecule is Cl.NC1CC2(CNC(=O)N2)C1. The molecule has 4 nitrogen and oxygen atoms in total. The Morgan fingerprint density at radius 3 is 2.55 bits per heavy atom.